The van der Waals surface area contributed by atoms with Crippen LogP contribution in [0.2, 0.25) is 0 Å². The van der Waals surface area contributed by atoms with Crippen LogP contribution in [0, 0.1) is 0 Å². The van der Waals surface area contributed by atoms with Crippen LogP contribution in [0.4, 0.5) is 0 Å². The Bertz CT molecular complexity index is 525. The maximum absolute atomic E-state index is 11.8. The second-order valence-corrected chi connectivity index (χ2v) is 6.76. The molecule has 0 spiro atoms. The second kappa shape index (κ2) is 14.3. The molecule has 1 rings (SSSR count). The lowest BCUT2D eigenvalue weighted by molar-refractivity contribution is -0.121. The Morgan fingerprint density at radius 3 is 2.15 bits per heavy atom. The highest BCUT2D eigenvalue weighted by atomic mass is 16.5. The highest BCUT2D eigenvalue weighted by Crippen LogP contribution is 2.23. The van der Waals surface area contributed by atoms with E-state index < -0.39 is 0 Å². The molecule has 146 valence electrons. The van der Waals surface area contributed by atoms with Gasteiger partial charge >= 0.3 is 0 Å². The number of aldehydes is 1. The molecule has 0 amide bonds. The molecule has 4 heteroatoms. The van der Waals surface area contributed by atoms with Crippen LogP contribution in [-0.4, -0.2) is 25.3 Å². The van der Waals surface area contributed by atoms with Crippen molar-refractivity contribution in [3.05, 3.63) is 23.8 Å². The van der Waals surface area contributed by atoms with Gasteiger partial charge in [-0.15, -0.1) is 0 Å². The summed E-state index contributed by atoms with van der Waals surface area (Å²) in [5.41, 5.74) is 0.499. The normalized spacial score (nSPS) is 10.5. The SMILES string of the molecule is CCCCCCCCOc1cc(C=O)cc(OCC(=O)CCCCC)c1. The Balaban J connectivity index is 2.41. The van der Waals surface area contributed by atoms with E-state index in [1.54, 1.807) is 18.2 Å². The maximum atomic E-state index is 11.8. The van der Waals surface area contributed by atoms with Gasteiger partial charge in [0.15, 0.2) is 5.78 Å². The van der Waals surface area contributed by atoms with Crippen molar-refractivity contribution < 1.29 is 19.1 Å². The number of ketones is 1. The topological polar surface area (TPSA) is 52.6 Å². The van der Waals surface area contributed by atoms with Crippen LogP contribution in [0.15, 0.2) is 18.2 Å². The summed E-state index contributed by atoms with van der Waals surface area (Å²) in [5.74, 6) is 1.22. The molecule has 26 heavy (non-hydrogen) atoms. The van der Waals surface area contributed by atoms with Gasteiger partial charge in [-0.3, -0.25) is 9.59 Å². The Morgan fingerprint density at radius 2 is 1.46 bits per heavy atom. The summed E-state index contributed by atoms with van der Waals surface area (Å²) >= 11 is 0. The standard InChI is InChI=1S/C22H34O4/c1-3-5-7-8-9-11-13-25-21-14-19(17-23)15-22(16-21)26-18-20(24)12-10-6-4-2/h14-17H,3-13,18H2,1-2H3. The van der Waals surface area contributed by atoms with Crippen molar-refractivity contribution in [2.75, 3.05) is 13.2 Å². The van der Waals surface area contributed by atoms with Crippen molar-refractivity contribution in [3.8, 4) is 11.5 Å². The van der Waals surface area contributed by atoms with Crippen molar-refractivity contribution in [1.82, 2.24) is 0 Å². The van der Waals surface area contributed by atoms with Crippen LogP contribution in [0.3, 0.4) is 0 Å². The summed E-state index contributed by atoms with van der Waals surface area (Å²) < 4.78 is 11.3. The van der Waals surface area contributed by atoms with E-state index in [4.69, 9.17) is 9.47 Å². The minimum atomic E-state index is 0.0445. The molecule has 0 heterocycles. The second-order valence-electron chi connectivity index (χ2n) is 6.76. The predicted octanol–water partition coefficient (Wildman–Crippen LogP) is 5.77. The number of rotatable bonds is 16. The third-order valence-corrected chi connectivity index (χ3v) is 4.26. The lowest BCUT2D eigenvalue weighted by atomic mass is 10.1. The molecule has 0 aromatic heterocycles. The lowest BCUT2D eigenvalue weighted by Gasteiger charge is -2.10. The van der Waals surface area contributed by atoms with Gasteiger partial charge in [0.05, 0.1) is 6.61 Å². The Morgan fingerprint density at radius 1 is 0.846 bits per heavy atom. The third kappa shape index (κ3) is 10.2. The van der Waals surface area contributed by atoms with Crippen LogP contribution in [-0.2, 0) is 4.79 Å². The van der Waals surface area contributed by atoms with E-state index in [1.165, 1.54) is 25.7 Å². The first-order valence-corrected chi connectivity index (χ1v) is 10.1. The quantitative estimate of drug-likeness (QED) is 0.277. The molecule has 0 fully saturated rings. The Kier molecular flexibility index (Phi) is 12.2. The molecule has 0 bridgehead atoms. The first-order chi connectivity index (χ1) is 12.7. The highest BCUT2D eigenvalue weighted by Gasteiger charge is 2.07. The molecular formula is C22H34O4. The molecule has 0 N–H and O–H groups in total. The van der Waals surface area contributed by atoms with E-state index in [0.29, 0.717) is 30.1 Å². The third-order valence-electron chi connectivity index (χ3n) is 4.26. The minimum absolute atomic E-state index is 0.0445. The summed E-state index contributed by atoms with van der Waals surface area (Å²) in [6.45, 7) is 4.99. The fourth-order valence-corrected chi connectivity index (χ4v) is 2.71. The molecule has 0 aliphatic rings. The average Bonchev–Trinajstić information content (AvgIpc) is 2.65. The monoisotopic (exact) mass is 362 g/mol. The molecule has 0 saturated carbocycles. The van der Waals surface area contributed by atoms with Gasteiger partial charge in [0.1, 0.15) is 24.4 Å². The summed E-state index contributed by atoms with van der Waals surface area (Å²) in [6.07, 6.45) is 11.6. The first-order valence-electron chi connectivity index (χ1n) is 10.1. The number of carbonyl (C=O) groups is 2. The van der Waals surface area contributed by atoms with Crippen LogP contribution in [0.5, 0.6) is 11.5 Å². The van der Waals surface area contributed by atoms with Crippen LogP contribution < -0.4 is 9.47 Å². The average molecular weight is 363 g/mol. The summed E-state index contributed by atoms with van der Waals surface area (Å²) in [6, 6.07) is 5.10. The van der Waals surface area contributed by atoms with Crippen molar-refractivity contribution in [1.29, 1.82) is 0 Å². The van der Waals surface area contributed by atoms with Gasteiger partial charge in [0.2, 0.25) is 0 Å². The van der Waals surface area contributed by atoms with Gasteiger partial charge in [-0.1, -0.05) is 58.8 Å². The zero-order valence-electron chi connectivity index (χ0n) is 16.4. The molecule has 0 unspecified atom stereocenters. The lowest BCUT2D eigenvalue weighted by Crippen LogP contribution is -2.11. The molecule has 0 radical (unpaired) electrons. The Hall–Kier alpha value is -1.84. The van der Waals surface area contributed by atoms with Gasteiger partial charge in [-0.05, 0) is 25.0 Å². The molecule has 1 aromatic rings. The van der Waals surface area contributed by atoms with Gasteiger partial charge in [-0.2, -0.15) is 0 Å². The molecule has 0 aliphatic carbocycles. The van der Waals surface area contributed by atoms with Gasteiger partial charge in [0, 0.05) is 18.1 Å². The van der Waals surface area contributed by atoms with Gasteiger partial charge < -0.3 is 9.47 Å². The summed E-state index contributed by atoms with van der Waals surface area (Å²) in [7, 11) is 0. The number of ether oxygens (including phenoxy) is 2. The molecule has 0 aliphatic heterocycles. The van der Waals surface area contributed by atoms with E-state index in [9.17, 15) is 9.59 Å². The smallest absolute Gasteiger partial charge is 0.170 e. The number of benzene rings is 1. The minimum Gasteiger partial charge on any atom is -0.493 e. The van der Waals surface area contributed by atoms with E-state index >= 15 is 0 Å². The van der Waals surface area contributed by atoms with E-state index in [0.717, 1.165) is 38.4 Å². The van der Waals surface area contributed by atoms with Crippen molar-refractivity contribution >= 4 is 12.1 Å². The van der Waals surface area contributed by atoms with Crippen LogP contribution in [0.1, 0.15) is 88.4 Å². The molecule has 4 nitrogen and oxygen atoms in total. The maximum Gasteiger partial charge on any atom is 0.170 e. The van der Waals surface area contributed by atoms with Crippen LogP contribution in [0.25, 0.3) is 0 Å². The molecule has 0 atom stereocenters. The van der Waals surface area contributed by atoms with E-state index in [2.05, 4.69) is 13.8 Å². The number of hydrogen-bond acceptors (Lipinski definition) is 4. The van der Waals surface area contributed by atoms with E-state index in [-0.39, 0.29) is 12.4 Å². The number of carbonyl (C=O) groups excluding carboxylic acids is 2. The molecule has 0 saturated heterocycles. The van der Waals surface area contributed by atoms with Crippen molar-refractivity contribution in [3.63, 3.8) is 0 Å². The summed E-state index contributed by atoms with van der Waals surface area (Å²) in [4.78, 5) is 22.9. The van der Waals surface area contributed by atoms with Crippen LogP contribution >= 0.6 is 0 Å². The van der Waals surface area contributed by atoms with E-state index in [1.807, 2.05) is 0 Å². The fourth-order valence-electron chi connectivity index (χ4n) is 2.71. The Labute approximate surface area is 158 Å². The van der Waals surface area contributed by atoms with Gasteiger partial charge in [-0.25, -0.2) is 0 Å². The van der Waals surface area contributed by atoms with Gasteiger partial charge in [0.25, 0.3) is 0 Å². The fraction of sp³-hybridized carbons (Fsp3) is 0.636. The summed E-state index contributed by atoms with van der Waals surface area (Å²) in [5, 5.41) is 0. The van der Waals surface area contributed by atoms with Crippen molar-refractivity contribution in [2.45, 2.75) is 78.1 Å². The highest BCUT2D eigenvalue weighted by molar-refractivity contribution is 5.80. The first kappa shape index (κ1) is 22.2. The molecular weight excluding hydrogens is 328 g/mol. The largest absolute Gasteiger partial charge is 0.493 e. The predicted molar refractivity (Wildman–Crippen MR) is 105 cm³/mol. The molecule has 1 aromatic carbocycles. The number of unbranched alkanes of at least 4 members (excludes halogenated alkanes) is 7. The number of Topliss-reactive ketones (excluding diaryl/α,β-unsaturated/α-hetero) is 1. The number of hydrogen-bond donors (Lipinski definition) is 0. The zero-order valence-corrected chi connectivity index (χ0v) is 16.4. The zero-order chi connectivity index (χ0) is 19.0. The van der Waals surface area contributed by atoms with Crippen molar-refractivity contribution in [2.24, 2.45) is 0 Å².